The Balaban J connectivity index is 1.38. The SMILES string of the molecule is CC(C)C(NC(=O)OCc1ccccc1)C(=O)Nc1ccc2nc(N3CCOCC3)sc2c1. The van der Waals surface area contributed by atoms with E-state index in [0.717, 1.165) is 34.0 Å². The zero-order valence-electron chi connectivity index (χ0n) is 18.7. The summed E-state index contributed by atoms with van der Waals surface area (Å²) in [6.07, 6.45) is -0.624. The minimum absolute atomic E-state index is 0.116. The van der Waals surface area contributed by atoms with Crippen molar-refractivity contribution >= 4 is 44.4 Å². The molecule has 1 saturated heterocycles. The van der Waals surface area contributed by atoms with Crippen molar-refractivity contribution < 1.29 is 19.1 Å². The average Bonchev–Trinajstić information content (AvgIpc) is 3.26. The van der Waals surface area contributed by atoms with Crippen molar-refractivity contribution in [3.05, 3.63) is 54.1 Å². The minimum atomic E-state index is -0.727. The second-order valence-electron chi connectivity index (χ2n) is 8.20. The summed E-state index contributed by atoms with van der Waals surface area (Å²) in [4.78, 5) is 32.1. The number of hydrogen-bond acceptors (Lipinski definition) is 7. The fourth-order valence-electron chi connectivity index (χ4n) is 3.53. The fourth-order valence-corrected chi connectivity index (χ4v) is 4.58. The van der Waals surface area contributed by atoms with Crippen LogP contribution in [0.1, 0.15) is 19.4 Å². The van der Waals surface area contributed by atoms with Crippen LogP contribution in [-0.2, 0) is 20.9 Å². The molecular formula is C24H28N4O4S. The Morgan fingerprint density at radius 1 is 1.15 bits per heavy atom. The van der Waals surface area contributed by atoms with Gasteiger partial charge < -0.3 is 25.0 Å². The Kier molecular flexibility index (Phi) is 7.41. The highest BCUT2D eigenvalue weighted by atomic mass is 32.1. The maximum Gasteiger partial charge on any atom is 0.408 e. The predicted octanol–water partition coefficient (Wildman–Crippen LogP) is 4.02. The topological polar surface area (TPSA) is 92.8 Å². The van der Waals surface area contributed by atoms with Crippen LogP contribution in [0, 0.1) is 5.92 Å². The quantitative estimate of drug-likeness (QED) is 0.544. The number of ether oxygens (including phenoxy) is 2. The number of thiazole rings is 1. The number of fused-ring (bicyclic) bond motifs is 1. The van der Waals surface area contributed by atoms with Crippen LogP contribution < -0.4 is 15.5 Å². The highest BCUT2D eigenvalue weighted by molar-refractivity contribution is 7.22. The summed E-state index contributed by atoms with van der Waals surface area (Å²) in [6.45, 7) is 6.96. The van der Waals surface area contributed by atoms with Crippen LogP contribution in [0.3, 0.4) is 0 Å². The van der Waals surface area contributed by atoms with Crippen molar-refractivity contribution in [2.45, 2.75) is 26.5 Å². The first kappa shape index (κ1) is 23.0. The fraction of sp³-hybridized carbons (Fsp3) is 0.375. The molecule has 1 aromatic heterocycles. The summed E-state index contributed by atoms with van der Waals surface area (Å²) in [5.41, 5.74) is 2.44. The molecule has 174 valence electrons. The molecule has 3 aromatic rings. The number of rotatable bonds is 7. The molecule has 4 rings (SSSR count). The highest BCUT2D eigenvalue weighted by Gasteiger charge is 2.25. The molecule has 2 amide bonds. The van der Waals surface area contributed by atoms with Crippen molar-refractivity contribution in [1.82, 2.24) is 10.3 Å². The van der Waals surface area contributed by atoms with Gasteiger partial charge in [-0.15, -0.1) is 0 Å². The normalized spacial score (nSPS) is 14.8. The molecule has 2 N–H and O–H groups in total. The lowest BCUT2D eigenvalue weighted by Gasteiger charge is -2.25. The van der Waals surface area contributed by atoms with Crippen LogP contribution in [0.25, 0.3) is 10.2 Å². The first-order valence-electron chi connectivity index (χ1n) is 11.0. The van der Waals surface area contributed by atoms with E-state index < -0.39 is 12.1 Å². The molecule has 8 nitrogen and oxygen atoms in total. The van der Waals surface area contributed by atoms with Crippen LogP contribution in [0.4, 0.5) is 15.6 Å². The molecule has 0 saturated carbocycles. The summed E-state index contributed by atoms with van der Waals surface area (Å²) in [7, 11) is 0. The van der Waals surface area contributed by atoms with E-state index in [1.54, 1.807) is 11.3 Å². The minimum Gasteiger partial charge on any atom is -0.445 e. The van der Waals surface area contributed by atoms with Gasteiger partial charge in [0.15, 0.2) is 5.13 Å². The van der Waals surface area contributed by atoms with E-state index in [-0.39, 0.29) is 18.4 Å². The molecule has 2 aromatic carbocycles. The van der Waals surface area contributed by atoms with Crippen LogP contribution >= 0.6 is 11.3 Å². The third kappa shape index (κ3) is 6.00. The smallest absolute Gasteiger partial charge is 0.408 e. The number of anilines is 2. The lowest BCUT2D eigenvalue weighted by atomic mass is 10.0. The molecule has 1 aliphatic heterocycles. The molecule has 0 spiro atoms. The third-order valence-electron chi connectivity index (χ3n) is 5.36. The lowest BCUT2D eigenvalue weighted by molar-refractivity contribution is -0.119. The number of hydrogen-bond donors (Lipinski definition) is 2. The standard InChI is InChI=1S/C24H28N4O4S/c1-16(2)21(27-24(30)32-15-17-6-4-3-5-7-17)22(29)25-18-8-9-19-20(14-18)33-23(26-19)28-10-12-31-13-11-28/h3-9,14,16,21H,10-13,15H2,1-2H3,(H,25,29)(H,27,30). The van der Waals surface area contributed by atoms with Crippen LogP contribution in [0.2, 0.25) is 0 Å². The van der Waals surface area contributed by atoms with Crippen molar-refractivity contribution in [2.75, 3.05) is 36.5 Å². The van der Waals surface area contributed by atoms with Crippen molar-refractivity contribution in [3.8, 4) is 0 Å². The van der Waals surface area contributed by atoms with Gasteiger partial charge in [0.1, 0.15) is 12.6 Å². The Morgan fingerprint density at radius 3 is 2.64 bits per heavy atom. The molecule has 1 fully saturated rings. The number of nitrogens with one attached hydrogen (secondary N) is 2. The molecule has 1 aliphatic rings. The number of benzene rings is 2. The van der Waals surface area contributed by atoms with Gasteiger partial charge in [-0.3, -0.25) is 4.79 Å². The van der Waals surface area contributed by atoms with Gasteiger partial charge in [0.05, 0.1) is 23.4 Å². The summed E-state index contributed by atoms with van der Waals surface area (Å²) >= 11 is 1.59. The summed E-state index contributed by atoms with van der Waals surface area (Å²) in [5.74, 6) is -0.409. The Morgan fingerprint density at radius 2 is 1.91 bits per heavy atom. The van der Waals surface area contributed by atoms with Crippen LogP contribution in [0.15, 0.2) is 48.5 Å². The summed E-state index contributed by atoms with van der Waals surface area (Å²) in [6, 6.07) is 14.3. The van der Waals surface area contributed by atoms with E-state index in [0.29, 0.717) is 18.9 Å². The number of carbonyl (C=O) groups is 2. The van der Waals surface area contributed by atoms with E-state index >= 15 is 0 Å². The van der Waals surface area contributed by atoms with Crippen molar-refractivity contribution in [3.63, 3.8) is 0 Å². The van der Waals surface area contributed by atoms with Gasteiger partial charge in [0.2, 0.25) is 5.91 Å². The molecule has 0 bridgehead atoms. The number of carbonyl (C=O) groups excluding carboxylic acids is 2. The molecule has 0 radical (unpaired) electrons. The van der Waals surface area contributed by atoms with Crippen LogP contribution in [0.5, 0.6) is 0 Å². The van der Waals surface area contributed by atoms with Gasteiger partial charge in [0.25, 0.3) is 0 Å². The Bertz CT molecular complexity index is 1100. The Labute approximate surface area is 196 Å². The molecule has 0 aliphatic carbocycles. The molecule has 2 heterocycles. The Hall–Kier alpha value is -3.17. The average molecular weight is 469 g/mol. The maximum absolute atomic E-state index is 12.9. The van der Waals surface area contributed by atoms with E-state index in [4.69, 9.17) is 14.5 Å². The van der Waals surface area contributed by atoms with Crippen molar-refractivity contribution in [2.24, 2.45) is 5.92 Å². The number of morpholine rings is 1. The zero-order valence-corrected chi connectivity index (χ0v) is 19.6. The predicted molar refractivity (Wildman–Crippen MR) is 130 cm³/mol. The molecular weight excluding hydrogens is 440 g/mol. The zero-order chi connectivity index (χ0) is 23.2. The van der Waals surface area contributed by atoms with E-state index in [9.17, 15) is 9.59 Å². The van der Waals surface area contributed by atoms with Crippen LogP contribution in [-0.4, -0.2) is 49.3 Å². The summed E-state index contributed by atoms with van der Waals surface area (Å²) < 4.78 is 11.7. The molecule has 1 unspecified atom stereocenters. The first-order valence-corrected chi connectivity index (χ1v) is 11.8. The number of nitrogens with zero attached hydrogens (tertiary/aromatic N) is 2. The number of amides is 2. The van der Waals surface area contributed by atoms with E-state index in [2.05, 4.69) is 15.5 Å². The monoisotopic (exact) mass is 468 g/mol. The lowest BCUT2D eigenvalue weighted by Crippen LogP contribution is -2.47. The number of aromatic nitrogens is 1. The second-order valence-corrected chi connectivity index (χ2v) is 9.20. The van der Waals surface area contributed by atoms with Gasteiger partial charge in [0, 0.05) is 18.8 Å². The largest absolute Gasteiger partial charge is 0.445 e. The number of alkyl carbamates (subject to hydrolysis) is 1. The maximum atomic E-state index is 12.9. The molecule has 33 heavy (non-hydrogen) atoms. The summed E-state index contributed by atoms with van der Waals surface area (Å²) in [5, 5.41) is 6.57. The molecule has 9 heteroatoms. The van der Waals surface area contributed by atoms with Gasteiger partial charge in [-0.05, 0) is 29.7 Å². The van der Waals surface area contributed by atoms with E-state index in [1.165, 1.54) is 0 Å². The highest BCUT2D eigenvalue weighted by Crippen LogP contribution is 2.31. The van der Waals surface area contributed by atoms with E-state index in [1.807, 2.05) is 62.4 Å². The second kappa shape index (κ2) is 10.6. The van der Waals surface area contributed by atoms with Gasteiger partial charge in [-0.2, -0.15) is 0 Å². The van der Waals surface area contributed by atoms with Gasteiger partial charge in [-0.1, -0.05) is 55.5 Å². The van der Waals surface area contributed by atoms with Gasteiger partial charge >= 0.3 is 6.09 Å². The first-order chi connectivity index (χ1) is 16.0. The van der Waals surface area contributed by atoms with Gasteiger partial charge in [-0.25, -0.2) is 9.78 Å². The molecule has 1 atom stereocenters. The van der Waals surface area contributed by atoms with Crippen molar-refractivity contribution in [1.29, 1.82) is 0 Å². The third-order valence-corrected chi connectivity index (χ3v) is 6.44.